The van der Waals surface area contributed by atoms with E-state index in [0.29, 0.717) is 0 Å². The molecular weight excluding hydrogens is 230 g/mol. The summed E-state index contributed by atoms with van der Waals surface area (Å²) in [6.45, 7) is 4.98. The van der Waals surface area contributed by atoms with E-state index < -0.39 is 5.54 Å². The summed E-state index contributed by atoms with van der Waals surface area (Å²) in [5.74, 6) is 0.630. The number of esters is 1. The first-order chi connectivity index (χ1) is 8.55. The number of hydrogen-bond acceptors (Lipinski definition) is 4. The second-order valence-corrected chi connectivity index (χ2v) is 6.01. The summed E-state index contributed by atoms with van der Waals surface area (Å²) in [5, 5.41) is 3.38. The maximum absolute atomic E-state index is 12.0. The molecular formula is C14H25NO3. The number of nitrogens with one attached hydrogen (secondary N) is 1. The molecule has 0 amide bonds. The van der Waals surface area contributed by atoms with Gasteiger partial charge in [-0.05, 0) is 45.4 Å². The lowest BCUT2D eigenvalue weighted by Crippen LogP contribution is -2.53. The van der Waals surface area contributed by atoms with Crippen LogP contribution >= 0.6 is 0 Å². The minimum atomic E-state index is -0.531. The summed E-state index contributed by atoms with van der Waals surface area (Å²) in [6, 6.07) is 0.270. The maximum atomic E-state index is 12.0. The lowest BCUT2D eigenvalue weighted by Gasteiger charge is -2.30. The van der Waals surface area contributed by atoms with Crippen LogP contribution in [-0.4, -0.2) is 37.4 Å². The fourth-order valence-corrected chi connectivity index (χ4v) is 2.82. The van der Waals surface area contributed by atoms with Crippen LogP contribution in [0.1, 0.15) is 46.0 Å². The van der Waals surface area contributed by atoms with Gasteiger partial charge in [0.1, 0.15) is 5.54 Å². The molecule has 0 aromatic rings. The van der Waals surface area contributed by atoms with Crippen molar-refractivity contribution < 1.29 is 14.3 Å². The molecule has 4 heteroatoms. The second kappa shape index (κ2) is 5.57. The van der Waals surface area contributed by atoms with Gasteiger partial charge in [-0.1, -0.05) is 0 Å². The summed E-state index contributed by atoms with van der Waals surface area (Å²) in [6.07, 6.45) is 5.31. The van der Waals surface area contributed by atoms with E-state index >= 15 is 0 Å². The molecule has 0 bridgehead atoms. The van der Waals surface area contributed by atoms with E-state index in [1.165, 1.54) is 20.0 Å². The Morgan fingerprint density at radius 1 is 1.39 bits per heavy atom. The van der Waals surface area contributed by atoms with Crippen molar-refractivity contribution in [1.29, 1.82) is 0 Å². The number of rotatable bonds is 6. The Labute approximate surface area is 109 Å². The summed E-state index contributed by atoms with van der Waals surface area (Å²) >= 11 is 0. The van der Waals surface area contributed by atoms with Gasteiger partial charge in [0.05, 0.1) is 13.2 Å². The SMILES string of the molecule is COC(=O)C1(NC(C)C)CCC(OCC2CC2)C1. The van der Waals surface area contributed by atoms with Gasteiger partial charge in [0.25, 0.3) is 0 Å². The predicted molar refractivity (Wildman–Crippen MR) is 69.3 cm³/mol. The van der Waals surface area contributed by atoms with Gasteiger partial charge >= 0.3 is 5.97 Å². The third-order valence-corrected chi connectivity index (χ3v) is 3.87. The Morgan fingerprint density at radius 3 is 2.67 bits per heavy atom. The van der Waals surface area contributed by atoms with E-state index in [1.807, 2.05) is 0 Å². The van der Waals surface area contributed by atoms with Crippen LogP contribution < -0.4 is 5.32 Å². The van der Waals surface area contributed by atoms with Gasteiger partial charge in [0, 0.05) is 19.1 Å². The van der Waals surface area contributed by atoms with Crippen LogP contribution in [0.5, 0.6) is 0 Å². The molecule has 0 heterocycles. The smallest absolute Gasteiger partial charge is 0.326 e. The summed E-state index contributed by atoms with van der Waals surface area (Å²) in [5.41, 5.74) is -0.531. The van der Waals surface area contributed by atoms with Gasteiger partial charge < -0.3 is 9.47 Å². The molecule has 0 radical (unpaired) electrons. The van der Waals surface area contributed by atoms with Crippen molar-refractivity contribution >= 4 is 5.97 Å². The average molecular weight is 255 g/mol. The molecule has 0 aliphatic heterocycles. The topological polar surface area (TPSA) is 47.6 Å². The lowest BCUT2D eigenvalue weighted by atomic mass is 9.96. The largest absolute Gasteiger partial charge is 0.468 e. The highest BCUT2D eigenvalue weighted by molar-refractivity contribution is 5.81. The lowest BCUT2D eigenvalue weighted by molar-refractivity contribution is -0.149. The van der Waals surface area contributed by atoms with Crippen molar-refractivity contribution in [3.8, 4) is 0 Å². The molecule has 1 N–H and O–H groups in total. The van der Waals surface area contributed by atoms with Gasteiger partial charge in [-0.15, -0.1) is 0 Å². The standard InChI is InChI=1S/C14H25NO3/c1-10(2)15-14(13(16)17-3)7-6-12(8-14)18-9-11-4-5-11/h10-12,15H,4-9H2,1-3H3. The average Bonchev–Trinajstić information content (AvgIpc) is 3.07. The number of methoxy groups -OCH3 is 1. The van der Waals surface area contributed by atoms with Crippen molar-refractivity contribution in [2.24, 2.45) is 5.92 Å². The molecule has 2 fully saturated rings. The molecule has 2 saturated carbocycles. The molecule has 2 atom stereocenters. The Balaban J connectivity index is 1.91. The Morgan fingerprint density at radius 2 is 2.11 bits per heavy atom. The molecule has 0 saturated heterocycles. The van der Waals surface area contributed by atoms with Crippen molar-refractivity contribution in [1.82, 2.24) is 5.32 Å². The van der Waals surface area contributed by atoms with Crippen LogP contribution in [0.3, 0.4) is 0 Å². The Bertz CT molecular complexity index is 301. The molecule has 0 aromatic heterocycles. The van der Waals surface area contributed by atoms with E-state index in [4.69, 9.17) is 9.47 Å². The Kier molecular flexibility index (Phi) is 4.28. The molecule has 2 aliphatic rings. The van der Waals surface area contributed by atoms with E-state index in [9.17, 15) is 4.79 Å². The van der Waals surface area contributed by atoms with E-state index in [2.05, 4.69) is 19.2 Å². The molecule has 2 aliphatic carbocycles. The zero-order valence-corrected chi connectivity index (χ0v) is 11.7. The first kappa shape index (κ1) is 13.8. The second-order valence-electron chi connectivity index (χ2n) is 6.01. The molecule has 2 rings (SSSR count). The van der Waals surface area contributed by atoms with Crippen LogP contribution in [0.4, 0.5) is 0 Å². The number of ether oxygens (including phenoxy) is 2. The molecule has 0 aromatic carbocycles. The van der Waals surface area contributed by atoms with E-state index in [-0.39, 0.29) is 18.1 Å². The van der Waals surface area contributed by atoms with Gasteiger partial charge in [0.15, 0.2) is 0 Å². The highest BCUT2D eigenvalue weighted by Crippen LogP contribution is 2.36. The Hall–Kier alpha value is -0.610. The fourth-order valence-electron chi connectivity index (χ4n) is 2.82. The van der Waals surface area contributed by atoms with Crippen LogP contribution in [0, 0.1) is 5.92 Å². The molecule has 4 nitrogen and oxygen atoms in total. The fraction of sp³-hybridized carbons (Fsp3) is 0.929. The molecule has 104 valence electrons. The molecule has 0 spiro atoms. The van der Waals surface area contributed by atoms with Crippen molar-refractivity contribution in [3.63, 3.8) is 0 Å². The zero-order chi connectivity index (χ0) is 13.2. The van der Waals surface area contributed by atoms with Crippen LogP contribution in [0.25, 0.3) is 0 Å². The molecule has 2 unspecified atom stereocenters. The highest BCUT2D eigenvalue weighted by Gasteiger charge is 2.47. The first-order valence-corrected chi connectivity index (χ1v) is 7.03. The van der Waals surface area contributed by atoms with Crippen LogP contribution in [0.15, 0.2) is 0 Å². The molecule has 18 heavy (non-hydrogen) atoms. The van der Waals surface area contributed by atoms with Crippen molar-refractivity contribution in [2.45, 2.75) is 63.6 Å². The van der Waals surface area contributed by atoms with Gasteiger partial charge in [-0.2, -0.15) is 0 Å². The van der Waals surface area contributed by atoms with Crippen LogP contribution in [-0.2, 0) is 14.3 Å². The predicted octanol–water partition coefficient (Wildman–Crippen LogP) is 1.88. The van der Waals surface area contributed by atoms with E-state index in [1.54, 1.807) is 0 Å². The summed E-state index contributed by atoms with van der Waals surface area (Å²) in [7, 11) is 1.46. The minimum Gasteiger partial charge on any atom is -0.468 e. The quantitative estimate of drug-likeness (QED) is 0.736. The highest BCUT2D eigenvalue weighted by atomic mass is 16.5. The number of hydrogen-bond donors (Lipinski definition) is 1. The van der Waals surface area contributed by atoms with Crippen molar-refractivity contribution in [2.75, 3.05) is 13.7 Å². The normalized spacial score (nSPS) is 31.9. The van der Waals surface area contributed by atoms with Gasteiger partial charge in [-0.3, -0.25) is 10.1 Å². The van der Waals surface area contributed by atoms with Crippen LogP contribution in [0.2, 0.25) is 0 Å². The third-order valence-electron chi connectivity index (χ3n) is 3.87. The number of carbonyl (C=O) groups excluding carboxylic acids is 1. The minimum absolute atomic E-state index is 0.145. The summed E-state index contributed by atoms with van der Waals surface area (Å²) in [4.78, 5) is 12.0. The van der Waals surface area contributed by atoms with Gasteiger partial charge in [-0.25, -0.2) is 0 Å². The zero-order valence-electron chi connectivity index (χ0n) is 11.7. The van der Waals surface area contributed by atoms with Gasteiger partial charge in [0.2, 0.25) is 0 Å². The third kappa shape index (κ3) is 3.23. The number of carbonyl (C=O) groups is 1. The van der Waals surface area contributed by atoms with Crippen molar-refractivity contribution in [3.05, 3.63) is 0 Å². The monoisotopic (exact) mass is 255 g/mol. The summed E-state index contributed by atoms with van der Waals surface area (Å²) < 4.78 is 10.9. The van der Waals surface area contributed by atoms with E-state index in [0.717, 1.165) is 31.8 Å². The first-order valence-electron chi connectivity index (χ1n) is 7.03. The maximum Gasteiger partial charge on any atom is 0.326 e.